The van der Waals surface area contributed by atoms with Gasteiger partial charge >= 0.3 is 0 Å². The molecule has 0 bridgehead atoms. The average Bonchev–Trinajstić information content (AvgIpc) is 2.07. The minimum atomic E-state index is -0.427. The highest BCUT2D eigenvalue weighted by atomic mass is 16.7. The summed E-state index contributed by atoms with van der Waals surface area (Å²) in [5, 5.41) is 0.737. The van der Waals surface area contributed by atoms with Crippen LogP contribution >= 0.6 is 0 Å². The van der Waals surface area contributed by atoms with Gasteiger partial charge in [-0.25, -0.2) is 0 Å². The largest absolute Gasteiger partial charge is 0.378 e. The van der Waals surface area contributed by atoms with Gasteiger partial charge in [0, 0.05) is 13.8 Å². The van der Waals surface area contributed by atoms with Crippen molar-refractivity contribution in [1.29, 1.82) is 0 Å². The summed E-state index contributed by atoms with van der Waals surface area (Å²) in [6.45, 7) is 9.89. The van der Waals surface area contributed by atoms with Gasteiger partial charge in [-0.05, 0) is 5.41 Å². The fourth-order valence-corrected chi connectivity index (χ4v) is 0.969. The highest BCUT2D eigenvalue weighted by molar-refractivity contribution is 5.91. The number of nitrogens with zero attached hydrogens (tertiary/aromatic N) is 1. The zero-order valence-corrected chi connectivity index (χ0v) is 10.7. The van der Waals surface area contributed by atoms with E-state index in [-0.39, 0.29) is 12.0 Å². The Kier molecular flexibility index (Phi) is 6.21. The predicted octanol–water partition coefficient (Wildman–Crippen LogP) is 1.38. The average molecular weight is 231 g/mol. The molecule has 0 aliphatic rings. The molecule has 0 N–H and O–H groups in total. The summed E-state index contributed by atoms with van der Waals surface area (Å²) in [6, 6.07) is 0. The molecule has 0 spiro atoms. The highest BCUT2D eigenvalue weighted by Gasteiger charge is 2.14. The normalized spacial score (nSPS) is 11.3. The van der Waals surface area contributed by atoms with Gasteiger partial charge in [-0.2, -0.15) is 5.06 Å². The molecule has 0 aliphatic carbocycles. The van der Waals surface area contributed by atoms with E-state index < -0.39 is 11.8 Å². The number of carbonyl (C=O) groups is 2. The lowest BCUT2D eigenvalue weighted by atomic mass is 9.99. The van der Waals surface area contributed by atoms with Gasteiger partial charge in [-0.15, -0.1) is 0 Å². The van der Waals surface area contributed by atoms with E-state index in [1.54, 1.807) is 0 Å². The molecular weight excluding hydrogens is 210 g/mol. The van der Waals surface area contributed by atoms with Gasteiger partial charge in [0.1, 0.15) is 0 Å². The monoisotopic (exact) mass is 231 g/mol. The van der Waals surface area contributed by atoms with Gasteiger partial charge in [0.05, 0.1) is 19.8 Å². The smallest absolute Gasteiger partial charge is 0.250 e. The van der Waals surface area contributed by atoms with E-state index >= 15 is 0 Å². The van der Waals surface area contributed by atoms with Gasteiger partial charge in [0.15, 0.2) is 0 Å². The topological polar surface area (TPSA) is 55.8 Å². The molecule has 16 heavy (non-hydrogen) atoms. The van der Waals surface area contributed by atoms with Gasteiger partial charge in [0.2, 0.25) is 11.8 Å². The van der Waals surface area contributed by atoms with E-state index in [0.717, 1.165) is 5.06 Å². The molecular formula is C11H21NO4. The molecule has 0 aromatic rings. The van der Waals surface area contributed by atoms with Crippen molar-refractivity contribution in [2.45, 2.75) is 34.6 Å². The molecule has 5 nitrogen and oxygen atoms in total. The minimum Gasteiger partial charge on any atom is -0.378 e. The zero-order valence-electron chi connectivity index (χ0n) is 10.7. The van der Waals surface area contributed by atoms with Gasteiger partial charge < -0.3 is 4.74 Å². The third kappa shape index (κ3) is 7.36. The summed E-state index contributed by atoms with van der Waals surface area (Å²) >= 11 is 0. The van der Waals surface area contributed by atoms with Crippen molar-refractivity contribution in [2.24, 2.45) is 5.41 Å². The molecule has 0 rings (SSSR count). The van der Waals surface area contributed by atoms with Gasteiger partial charge in [0.25, 0.3) is 0 Å². The van der Waals surface area contributed by atoms with Crippen LogP contribution in [0.1, 0.15) is 34.6 Å². The number of rotatable bonds is 5. The molecule has 0 aliphatic heterocycles. The van der Waals surface area contributed by atoms with Crippen molar-refractivity contribution < 1.29 is 19.2 Å². The van der Waals surface area contributed by atoms with Crippen molar-refractivity contribution >= 4 is 11.8 Å². The standard InChI is InChI=1S/C11H21NO4/c1-9(13)12(10(2)14)16-7-6-15-8-11(3,4)5/h6-8H2,1-5H3. The van der Waals surface area contributed by atoms with E-state index in [0.29, 0.717) is 13.2 Å². The van der Waals surface area contributed by atoms with Crippen LogP contribution < -0.4 is 0 Å². The van der Waals surface area contributed by atoms with Crippen LogP contribution in [-0.4, -0.2) is 36.7 Å². The first-order chi connectivity index (χ1) is 7.24. The lowest BCUT2D eigenvalue weighted by Gasteiger charge is -2.19. The van der Waals surface area contributed by atoms with E-state index in [4.69, 9.17) is 9.57 Å². The summed E-state index contributed by atoms with van der Waals surface area (Å²) in [5.41, 5.74) is 0.0981. The lowest BCUT2D eigenvalue weighted by molar-refractivity contribution is -0.195. The molecule has 0 unspecified atom stereocenters. The van der Waals surface area contributed by atoms with Gasteiger partial charge in [-0.3, -0.25) is 14.4 Å². The molecule has 0 fully saturated rings. The van der Waals surface area contributed by atoms with Crippen LogP contribution in [0.2, 0.25) is 0 Å². The van der Waals surface area contributed by atoms with Crippen LogP contribution in [0.25, 0.3) is 0 Å². The second-order valence-corrected chi connectivity index (χ2v) is 4.78. The molecule has 0 aromatic carbocycles. The molecule has 0 radical (unpaired) electrons. The molecule has 2 amide bonds. The fraction of sp³-hybridized carbons (Fsp3) is 0.818. The Hall–Kier alpha value is -0.940. The number of imide groups is 1. The Morgan fingerprint density at radius 1 is 1.06 bits per heavy atom. The van der Waals surface area contributed by atoms with Crippen molar-refractivity contribution in [3.63, 3.8) is 0 Å². The van der Waals surface area contributed by atoms with Crippen molar-refractivity contribution in [1.82, 2.24) is 5.06 Å². The van der Waals surface area contributed by atoms with Crippen LogP contribution in [-0.2, 0) is 19.2 Å². The molecule has 5 heteroatoms. The van der Waals surface area contributed by atoms with E-state index in [1.165, 1.54) is 13.8 Å². The van der Waals surface area contributed by atoms with Crippen LogP contribution in [0.3, 0.4) is 0 Å². The Morgan fingerprint density at radius 2 is 1.56 bits per heavy atom. The second-order valence-electron chi connectivity index (χ2n) is 4.78. The third-order valence-corrected chi connectivity index (χ3v) is 1.56. The Balaban J connectivity index is 3.72. The summed E-state index contributed by atoms with van der Waals surface area (Å²) in [7, 11) is 0. The molecule has 0 saturated carbocycles. The maximum atomic E-state index is 10.9. The number of hydroxylamine groups is 2. The van der Waals surface area contributed by atoms with Gasteiger partial charge in [-0.1, -0.05) is 20.8 Å². The summed E-state index contributed by atoms with van der Waals surface area (Å²) in [4.78, 5) is 26.9. The van der Waals surface area contributed by atoms with Crippen LogP contribution in [0.15, 0.2) is 0 Å². The third-order valence-electron chi connectivity index (χ3n) is 1.56. The summed E-state index contributed by atoms with van der Waals surface area (Å²) in [5.74, 6) is -0.855. The second kappa shape index (κ2) is 6.60. The quantitative estimate of drug-likeness (QED) is 0.530. The van der Waals surface area contributed by atoms with Crippen molar-refractivity contribution in [3.8, 4) is 0 Å². The number of hydrogen-bond acceptors (Lipinski definition) is 4. The minimum absolute atomic E-state index is 0.0981. The van der Waals surface area contributed by atoms with E-state index in [9.17, 15) is 9.59 Å². The Bertz CT molecular complexity index is 231. The van der Waals surface area contributed by atoms with Crippen molar-refractivity contribution in [3.05, 3.63) is 0 Å². The first-order valence-corrected chi connectivity index (χ1v) is 5.26. The predicted molar refractivity (Wildman–Crippen MR) is 59.4 cm³/mol. The molecule has 94 valence electrons. The van der Waals surface area contributed by atoms with E-state index in [2.05, 4.69) is 20.8 Å². The number of ether oxygens (including phenoxy) is 1. The van der Waals surface area contributed by atoms with Crippen LogP contribution in [0.4, 0.5) is 0 Å². The number of carbonyl (C=O) groups excluding carboxylic acids is 2. The van der Waals surface area contributed by atoms with Crippen molar-refractivity contribution in [2.75, 3.05) is 19.8 Å². The molecule has 0 aromatic heterocycles. The molecule has 0 atom stereocenters. The van der Waals surface area contributed by atoms with Crippen LogP contribution in [0, 0.1) is 5.41 Å². The Morgan fingerprint density at radius 3 is 1.94 bits per heavy atom. The van der Waals surface area contributed by atoms with E-state index in [1.807, 2.05) is 0 Å². The first-order valence-electron chi connectivity index (χ1n) is 5.26. The fourth-order valence-electron chi connectivity index (χ4n) is 0.969. The van der Waals surface area contributed by atoms with Crippen LogP contribution in [0.5, 0.6) is 0 Å². The highest BCUT2D eigenvalue weighted by Crippen LogP contribution is 2.12. The Labute approximate surface area is 96.7 Å². The SMILES string of the molecule is CC(=O)N(OCCOCC(C)(C)C)C(C)=O. The maximum absolute atomic E-state index is 10.9. The zero-order chi connectivity index (χ0) is 12.8. The number of hydrogen-bond donors (Lipinski definition) is 0. The maximum Gasteiger partial charge on any atom is 0.250 e. The molecule has 0 heterocycles. The molecule has 0 saturated heterocycles. The number of amides is 2. The lowest BCUT2D eigenvalue weighted by Crippen LogP contribution is -2.34. The summed E-state index contributed by atoms with van der Waals surface area (Å²) < 4.78 is 5.33. The first kappa shape index (κ1) is 15.1. The summed E-state index contributed by atoms with van der Waals surface area (Å²) in [6.07, 6.45) is 0.